The van der Waals surface area contributed by atoms with Crippen molar-refractivity contribution in [2.45, 2.75) is 65.5 Å². The Morgan fingerprint density at radius 1 is 1.12 bits per heavy atom. The lowest BCUT2D eigenvalue weighted by Crippen LogP contribution is -2.29. The van der Waals surface area contributed by atoms with Crippen molar-refractivity contribution in [2.75, 3.05) is 0 Å². The molecular weight excluding hydrogens is 440 g/mol. The summed E-state index contributed by atoms with van der Waals surface area (Å²) in [5.41, 5.74) is 3.65. The van der Waals surface area contributed by atoms with Gasteiger partial charge in [0.2, 0.25) is 0 Å². The minimum atomic E-state index is -0.0757. The minimum absolute atomic E-state index is 0.0755. The summed E-state index contributed by atoms with van der Waals surface area (Å²) in [6.45, 7) is 8.79. The van der Waals surface area contributed by atoms with E-state index in [0.717, 1.165) is 48.1 Å². The van der Waals surface area contributed by atoms with Gasteiger partial charge in [0.05, 0.1) is 17.1 Å². The summed E-state index contributed by atoms with van der Waals surface area (Å²) < 4.78 is 2.38. The first-order valence-corrected chi connectivity index (χ1v) is 13.1. The summed E-state index contributed by atoms with van der Waals surface area (Å²) in [6, 6.07) is 14.4. The number of carbonyl (C=O) groups excluding carboxylic acids is 1. The number of benzene rings is 1. The average molecular weight is 475 g/mol. The number of amides is 1. The molecule has 0 aliphatic rings. The number of hydrogen-bond donors (Lipinski definition) is 1. The SMILES string of the molecule is CCC(CC)n1c(Cc2cccs2)nc2cc(C(=O)NC(CC(C)C)c3cccnc3)ccc21. The van der Waals surface area contributed by atoms with Crippen molar-refractivity contribution in [2.24, 2.45) is 5.92 Å². The fraction of sp³-hybridized carbons (Fsp3) is 0.393. The van der Waals surface area contributed by atoms with Gasteiger partial charge in [0, 0.05) is 35.3 Å². The van der Waals surface area contributed by atoms with E-state index in [1.165, 1.54) is 4.88 Å². The number of fused-ring (bicyclic) bond motifs is 1. The Labute approximate surface area is 206 Å². The third-order valence-electron chi connectivity index (χ3n) is 6.34. The van der Waals surface area contributed by atoms with Crippen LogP contribution in [0.1, 0.15) is 85.7 Å². The van der Waals surface area contributed by atoms with Gasteiger partial charge in [0.25, 0.3) is 5.91 Å². The van der Waals surface area contributed by atoms with Crippen molar-refractivity contribution >= 4 is 28.3 Å². The topological polar surface area (TPSA) is 59.8 Å². The number of hydrogen-bond acceptors (Lipinski definition) is 4. The lowest BCUT2D eigenvalue weighted by atomic mass is 9.98. The van der Waals surface area contributed by atoms with Crippen LogP contribution in [0.5, 0.6) is 0 Å². The highest BCUT2D eigenvalue weighted by Gasteiger charge is 2.21. The van der Waals surface area contributed by atoms with E-state index < -0.39 is 0 Å². The molecule has 1 aromatic carbocycles. The zero-order chi connectivity index (χ0) is 24.1. The molecular formula is C28H34N4OS. The van der Waals surface area contributed by atoms with Crippen LogP contribution in [0.4, 0.5) is 0 Å². The number of rotatable bonds is 10. The van der Waals surface area contributed by atoms with Crippen LogP contribution in [-0.4, -0.2) is 20.4 Å². The molecule has 4 aromatic rings. The highest BCUT2D eigenvalue weighted by atomic mass is 32.1. The van der Waals surface area contributed by atoms with Crippen LogP contribution in [0.25, 0.3) is 11.0 Å². The zero-order valence-corrected chi connectivity index (χ0v) is 21.3. The molecule has 4 rings (SSSR count). The van der Waals surface area contributed by atoms with Crippen LogP contribution >= 0.6 is 11.3 Å². The second-order valence-corrected chi connectivity index (χ2v) is 10.3. The number of carbonyl (C=O) groups is 1. The molecule has 3 heterocycles. The van der Waals surface area contributed by atoms with Gasteiger partial charge in [-0.1, -0.05) is 39.8 Å². The smallest absolute Gasteiger partial charge is 0.251 e. The van der Waals surface area contributed by atoms with E-state index in [-0.39, 0.29) is 11.9 Å². The molecule has 0 aliphatic heterocycles. The van der Waals surface area contributed by atoms with Gasteiger partial charge in [0.15, 0.2) is 0 Å². The summed E-state index contributed by atoms with van der Waals surface area (Å²) in [5, 5.41) is 5.35. The van der Waals surface area contributed by atoms with Crippen LogP contribution in [-0.2, 0) is 6.42 Å². The molecule has 1 N–H and O–H groups in total. The van der Waals surface area contributed by atoms with Gasteiger partial charge in [-0.05, 0) is 66.5 Å². The first-order chi connectivity index (χ1) is 16.5. The van der Waals surface area contributed by atoms with Crippen molar-refractivity contribution in [3.05, 3.63) is 82.1 Å². The summed E-state index contributed by atoms with van der Waals surface area (Å²) in [6.07, 6.45) is 7.35. The largest absolute Gasteiger partial charge is 0.345 e. The van der Waals surface area contributed by atoms with Crippen LogP contribution in [0.15, 0.2) is 60.2 Å². The molecule has 0 radical (unpaired) electrons. The molecule has 0 saturated heterocycles. The average Bonchev–Trinajstić information content (AvgIpc) is 3.47. The summed E-state index contributed by atoms with van der Waals surface area (Å²) >= 11 is 1.76. The first kappa shape index (κ1) is 24.1. The maximum absolute atomic E-state index is 13.3. The highest BCUT2D eigenvalue weighted by Crippen LogP contribution is 2.29. The van der Waals surface area contributed by atoms with Gasteiger partial charge in [-0.15, -0.1) is 11.3 Å². The van der Waals surface area contributed by atoms with Gasteiger partial charge >= 0.3 is 0 Å². The number of nitrogens with one attached hydrogen (secondary N) is 1. The van der Waals surface area contributed by atoms with Crippen LogP contribution in [0.3, 0.4) is 0 Å². The van der Waals surface area contributed by atoms with Crippen LogP contribution < -0.4 is 5.32 Å². The lowest BCUT2D eigenvalue weighted by Gasteiger charge is -2.21. The number of aromatic nitrogens is 3. The molecule has 178 valence electrons. The molecule has 1 amide bonds. The Bertz CT molecular complexity index is 1210. The van der Waals surface area contributed by atoms with E-state index >= 15 is 0 Å². The van der Waals surface area contributed by atoms with Crippen LogP contribution in [0, 0.1) is 5.92 Å². The molecule has 1 unspecified atom stereocenters. The predicted molar refractivity (Wildman–Crippen MR) is 140 cm³/mol. The lowest BCUT2D eigenvalue weighted by molar-refractivity contribution is 0.0932. The van der Waals surface area contributed by atoms with Crippen LogP contribution in [0.2, 0.25) is 0 Å². The zero-order valence-electron chi connectivity index (χ0n) is 20.5. The molecule has 5 nitrogen and oxygen atoms in total. The monoisotopic (exact) mass is 474 g/mol. The quantitative estimate of drug-likeness (QED) is 0.270. The van der Waals surface area contributed by atoms with E-state index in [2.05, 4.69) is 66.1 Å². The van der Waals surface area contributed by atoms with Crippen molar-refractivity contribution in [3.8, 4) is 0 Å². The third-order valence-corrected chi connectivity index (χ3v) is 7.22. The number of imidazole rings is 1. The molecule has 0 bridgehead atoms. The van der Waals surface area contributed by atoms with E-state index in [1.807, 2.05) is 30.5 Å². The predicted octanol–water partition coefficient (Wildman–Crippen LogP) is 6.96. The Kier molecular flexibility index (Phi) is 7.78. The Morgan fingerprint density at radius 2 is 1.94 bits per heavy atom. The molecule has 34 heavy (non-hydrogen) atoms. The number of nitrogens with zero attached hydrogens (tertiary/aromatic N) is 3. The number of thiophene rings is 1. The Hall–Kier alpha value is -2.99. The minimum Gasteiger partial charge on any atom is -0.345 e. The highest BCUT2D eigenvalue weighted by molar-refractivity contribution is 7.09. The van der Waals surface area contributed by atoms with Gasteiger partial charge in [-0.25, -0.2) is 4.98 Å². The van der Waals surface area contributed by atoms with E-state index in [1.54, 1.807) is 17.5 Å². The fourth-order valence-corrected chi connectivity index (χ4v) is 5.32. The Balaban J connectivity index is 1.66. The molecule has 0 aliphatic carbocycles. The third kappa shape index (κ3) is 5.39. The Morgan fingerprint density at radius 3 is 2.59 bits per heavy atom. The van der Waals surface area contributed by atoms with E-state index in [4.69, 9.17) is 4.98 Å². The van der Waals surface area contributed by atoms with Gasteiger partial charge in [-0.2, -0.15) is 0 Å². The first-order valence-electron chi connectivity index (χ1n) is 12.2. The fourth-order valence-electron chi connectivity index (χ4n) is 4.62. The van der Waals surface area contributed by atoms with Gasteiger partial charge in [-0.3, -0.25) is 9.78 Å². The number of pyridine rings is 1. The van der Waals surface area contributed by atoms with Crippen molar-refractivity contribution in [1.82, 2.24) is 19.9 Å². The van der Waals surface area contributed by atoms with Crippen molar-refractivity contribution < 1.29 is 4.79 Å². The molecule has 0 saturated carbocycles. The second-order valence-electron chi connectivity index (χ2n) is 9.27. The summed E-state index contributed by atoms with van der Waals surface area (Å²) in [4.78, 5) is 23.8. The molecule has 6 heteroatoms. The van der Waals surface area contributed by atoms with Crippen molar-refractivity contribution in [1.29, 1.82) is 0 Å². The maximum Gasteiger partial charge on any atom is 0.251 e. The van der Waals surface area contributed by atoms with E-state index in [9.17, 15) is 4.79 Å². The molecule has 3 aromatic heterocycles. The molecule has 1 atom stereocenters. The van der Waals surface area contributed by atoms with Gasteiger partial charge in [0.1, 0.15) is 5.82 Å². The molecule has 0 fully saturated rings. The second kappa shape index (κ2) is 11.0. The summed E-state index contributed by atoms with van der Waals surface area (Å²) in [5.74, 6) is 1.44. The normalized spacial score (nSPS) is 12.5. The standard InChI is InChI=1S/C28H34N4OS/c1-5-22(6-2)32-26-12-11-20(16-25(26)30-27(32)17-23-10-8-14-34-23)28(33)31-24(15-19(3)4)21-9-7-13-29-18-21/h7-14,16,18-19,22,24H,5-6,15,17H2,1-4H3,(H,31,33). The van der Waals surface area contributed by atoms with Gasteiger partial charge < -0.3 is 9.88 Å². The van der Waals surface area contributed by atoms with E-state index in [0.29, 0.717) is 17.5 Å². The summed E-state index contributed by atoms with van der Waals surface area (Å²) in [7, 11) is 0. The maximum atomic E-state index is 13.3. The van der Waals surface area contributed by atoms with Crippen molar-refractivity contribution in [3.63, 3.8) is 0 Å². The molecule has 0 spiro atoms.